The van der Waals surface area contributed by atoms with Crippen LogP contribution in [0.5, 0.6) is 0 Å². The highest BCUT2D eigenvalue weighted by atomic mass is 32.1. The molecule has 8 aromatic rings. The summed E-state index contributed by atoms with van der Waals surface area (Å²) in [5.74, 6) is 0. The minimum atomic E-state index is -0.130. The number of allylic oxidation sites excluding steroid dienone is 2. The molecular formula is C38H27N3OS. The van der Waals surface area contributed by atoms with Crippen LogP contribution >= 0.6 is 11.3 Å². The lowest BCUT2D eigenvalue weighted by molar-refractivity contribution is 0.629. The third-order valence-electron chi connectivity index (χ3n) is 8.77. The first kappa shape index (κ1) is 24.5. The van der Waals surface area contributed by atoms with Crippen molar-refractivity contribution in [1.82, 2.24) is 10.3 Å². The summed E-state index contributed by atoms with van der Waals surface area (Å²) in [6.45, 7) is 4.46. The van der Waals surface area contributed by atoms with Crippen LogP contribution in [0.15, 0.2) is 126 Å². The highest BCUT2D eigenvalue weighted by Gasteiger charge is 2.22. The van der Waals surface area contributed by atoms with Crippen LogP contribution in [0.1, 0.15) is 5.56 Å². The molecule has 0 bridgehead atoms. The minimum Gasteiger partial charge on any atom is -0.456 e. The number of furan rings is 1. The molecule has 0 amide bonds. The Kier molecular flexibility index (Phi) is 5.24. The monoisotopic (exact) mass is 573 g/mol. The number of benzene rings is 5. The van der Waals surface area contributed by atoms with E-state index in [1.807, 2.05) is 41.7 Å². The standard InChI is InChI=1S/C38H27N3OS/c1-21(40-31-11-5-4-10-29(31)39)26-20-33-36(25-9-2-6-12-32(25)42-33)37-28-19-22(14-16-30(28)41-38(26)37)23-15-17-35-27(18-23)24-8-3-7-13-34(24)43-35/h2-20,29,31,40-41H,1,39H2. The highest BCUT2D eigenvalue weighted by Crippen LogP contribution is 2.43. The number of aromatic amines is 1. The Labute approximate surface area is 251 Å². The van der Waals surface area contributed by atoms with Crippen LogP contribution in [0.2, 0.25) is 0 Å². The number of fused-ring (bicyclic) bond motifs is 10. The average molecular weight is 574 g/mol. The fourth-order valence-corrected chi connectivity index (χ4v) is 7.74. The fourth-order valence-electron chi connectivity index (χ4n) is 6.65. The van der Waals surface area contributed by atoms with Gasteiger partial charge in [0, 0.05) is 64.5 Å². The Hall–Kier alpha value is -5.10. The minimum absolute atomic E-state index is 0.0435. The van der Waals surface area contributed by atoms with Gasteiger partial charge < -0.3 is 20.5 Å². The van der Waals surface area contributed by atoms with E-state index in [2.05, 4.69) is 102 Å². The molecule has 43 heavy (non-hydrogen) atoms. The second-order valence-electron chi connectivity index (χ2n) is 11.3. The third-order valence-corrected chi connectivity index (χ3v) is 9.92. The second-order valence-corrected chi connectivity index (χ2v) is 12.4. The smallest absolute Gasteiger partial charge is 0.136 e. The van der Waals surface area contributed by atoms with Crippen molar-refractivity contribution in [3.05, 3.63) is 127 Å². The summed E-state index contributed by atoms with van der Waals surface area (Å²) in [5, 5.41) is 10.7. The Morgan fingerprint density at radius 1 is 0.744 bits per heavy atom. The molecule has 0 spiro atoms. The van der Waals surface area contributed by atoms with Gasteiger partial charge >= 0.3 is 0 Å². The van der Waals surface area contributed by atoms with Crippen molar-refractivity contribution < 1.29 is 4.42 Å². The zero-order chi connectivity index (χ0) is 28.7. The van der Waals surface area contributed by atoms with Crippen LogP contribution < -0.4 is 11.1 Å². The summed E-state index contributed by atoms with van der Waals surface area (Å²) in [5.41, 5.74) is 14.4. The van der Waals surface area contributed by atoms with E-state index in [4.69, 9.17) is 10.2 Å². The maximum Gasteiger partial charge on any atom is 0.136 e. The molecule has 206 valence electrons. The van der Waals surface area contributed by atoms with Crippen LogP contribution in [0.4, 0.5) is 0 Å². The SMILES string of the molecule is C=C(NC1C=CC=CC1N)c1cc2oc3ccccc3c2c2c1[nH]c1ccc(-c3ccc4sc5ccccc5c4c3)cc12. The van der Waals surface area contributed by atoms with E-state index in [1.165, 1.54) is 31.3 Å². The van der Waals surface area contributed by atoms with Crippen molar-refractivity contribution in [3.63, 3.8) is 0 Å². The van der Waals surface area contributed by atoms with Crippen LogP contribution in [0.3, 0.4) is 0 Å². The van der Waals surface area contributed by atoms with E-state index in [9.17, 15) is 0 Å². The van der Waals surface area contributed by atoms with Crippen molar-refractivity contribution in [3.8, 4) is 11.1 Å². The number of hydrogen-bond donors (Lipinski definition) is 3. The van der Waals surface area contributed by atoms with E-state index in [0.717, 1.165) is 55.0 Å². The van der Waals surface area contributed by atoms with Gasteiger partial charge in [-0.3, -0.25) is 0 Å². The Morgan fingerprint density at radius 3 is 2.37 bits per heavy atom. The van der Waals surface area contributed by atoms with E-state index in [0.29, 0.717) is 0 Å². The molecule has 0 saturated carbocycles. The number of hydrogen-bond acceptors (Lipinski definition) is 4. The Morgan fingerprint density at radius 2 is 1.49 bits per heavy atom. The lowest BCUT2D eigenvalue weighted by atomic mass is 9.97. The summed E-state index contributed by atoms with van der Waals surface area (Å²) < 4.78 is 9.07. The van der Waals surface area contributed by atoms with Crippen LogP contribution in [-0.4, -0.2) is 17.1 Å². The molecule has 0 aliphatic heterocycles. The first-order valence-electron chi connectivity index (χ1n) is 14.5. The lowest BCUT2D eigenvalue weighted by Gasteiger charge is -2.24. The van der Waals surface area contributed by atoms with Gasteiger partial charge in [-0.05, 0) is 53.6 Å². The van der Waals surface area contributed by atoms with Crippen molar-refractivity contribution >= 4 is 81.0 Å². The maximum absolute atomic E-state index is 6.44. The summed E-state index contributed by atoms with van der Waals surface area (Å²) in [7, 11) is 0. The molecule has 3 aromatic heterocycles. The first-order valence-corrected chi connectivity index (χ1v) is 15.3. The molecule has 0 saturated heterocycles. The predicted molar refractivity (Wildman–Crippen MR) is 184 cm³/mol. The van der Waals surface area contributed by atoms with Crippen molar-refractivity contribution in [2.45, 2.75) is 12.1 Å². The number of nitrogens with two attached hydrogens (primary N) is 1. The van der Waals surface area contributed by atoms with Crippen LogP contribution in [0, 0.1) is 0 Å². The van der Waals surface area contributed by atoms with Crippen molar-refractivity contribution in [2.75, 3.05) is 0 Å². The molecule has 2 unspecified atom stereocenters. The summed E-state index contributed by atoms with van der Waals surface area (Å²) in [6, 6.07) is 32.4. The Bertz CT molecular complexity index is 2490. The van der Waals surface area contributed by atoms with Gasteiger partial charge in [0.25, 0.3) is 0 Å². The number of para-hydroxylation sites is 1. The molecule has 2 atom stereocenters. The zero-order valence-electron chi connectivity index (χ0n) is 23.2. The Balaban J connectivity index is 1.28. The normalized spacial score (nSPS) is 16.9. The van der Waals surface area contributed by atoms with E-state index in [-0.39, 0.29) is 12.1 Å². The van der Waals surface area contributed by atoms with Gasteiger partial charge in [-0.1, -0.05) is 79.4 Å². The van der Waals surface area contributed by atoms with Gasteiger partial charge in [-0.15, -0.1) is 11.3 Å². The van der Waals surface area contributed by atoms with Crippen LogP contribution in [-0.2, 0) is 0 Å². The molecule has 5 heteroatoms. The quantitative estimate of drug-likeness (QED) is 0.196. The van der Waals surface area contributed by atoms with E-state index >= 15 is 0 Å². The second kappa shape index (κ2) is 9.20. The molecule has 0 radical (unpaired) electrons. The van der Waals surface area contributed by atoms with Gasteiger partial charge in [0.2, 0.25) is 0 Å². The summed E-state index contributed by atoms with van der Waals surface area (Å²) in [4.78, 5) is 3.75. The maximum atomic E-state index is 6.44. The van der Waals surface area contributed by atoms with Gasteiger partial charge in [0.1, 0.15) is 11.2 Å². The van der Waals surface area contributed by atoms with E-state index < -0.39 is 0 Å². The largest absolute Gasteiger partial charge is 0.456 e. The number of H-pyrrole nitrogens is 1. The molecule has 0 fully saturated rings. The van der Waals surface area contributed by atoms with Gasteiger partial charge in [0.15, 0.2) is 0 Å². The first-order chi connectivity index (χ1) is 21.1. The van der Waals surface area contributed by atoms with Gasteiger partial charge in [-0.25, -0.2) is 0 Å². The van der Waals surface area contributed by atoms with Crippen LogP contribution in [0.25, 0.3) is 80.7 Å². The van der Waals surface area contributed by atoms with Gasteiger partial charge in [-0.2, -0.15) is 0 Å². The van der Waals surface area contributed by atoms with Gasteiger partial charge in [0.05, 0.1) is 11.6 Å². The summed E-state index contributed by atoms with van der Waals surface area (Å²) >= 11 is 1.85. The molecule has 4 N–H and O–H groups in total. The number of thiophene rings is 1. The molecular weight excluding hydrogens is 547 g/mol. The molecule has 9 rings (SSSR count). The molecule has 3 heterocycles. The fraction of sp³-hybridized carbons (Fsp3) is 0.0526. The average Bonchev–Trinajstić information content (AvgIpc) is 3.72. The molecule has 4 nitrogen and oxygen atoms in total. The molecule has 1 aliphatic carbocycles. The highest BCUT2D eigenvalue weighted by molar-refractivity contribution is 7.25. The van der Waals surface area contributed by atoms with E-state index in [1.54, 1.807) is 0 Å². The third kappa shape index (κ3) is 3.72. The number of nitrogens with one attached hydrogen (secondary N) is 2. The number of aromatic nitrogens is 1. The van der Waals surface area contributed by atoms with Crippen molar-refractivity contribution in [2.24, 2.45) is 5.73 Å². The molecule has 5 aromatic carbocycles. The number of rotatable bonds is 4. The van der Waals surface area contributed by atoms with Crippen molar-refractivity contribution in [1.29, 1.82) is 0 Å². The predicted octanol–water partition coefficient (Wildman–Crippen LogP) is 9.64. The molecule has 1 aliphatic rings. The summed E-state index contributed by atoms with van der Waals surface area (Å²) in [6.07, 6.45) is 8.09. The topological polar surface area (TPSA) is 67.0 Å². The lowest BCUT2D eigenvalue weighted by Crippen LogP contribution is -2.42. The zero-order valence-corrected chi connectivity index (χ0v) is 24.0.